The molecule has 0 bridgehead atoms. The highest BCUT2D eigenvalue weighted by molar-refractivity contribution is 5.70. The number of ether oxygens (including phenoxy) is 4. The molecule has 1 rings (SSSR count). The first-order valence-electron chi connectivity index (χ1n) is 18.6. The Kier molecular flexibility index (Phi) is 27.9. The van der Waals surface area contributed by atoms with Gasteiger partial charge >= 0.3 is 11.9 Å². The maximum Gasteiger partial charge on any atom is 0.306 e. The van der Waals surface area contributed by atoms with Crippen LogP contribution in [0.4, 0.5) is 0 Å². The lowest BCUT2D eigenvalue weighted by atomic mass is 9.99. The van der Waals surface area contributed by atoms with Crippen LogP contribution < -0.4 is 0 Å². The van der Waals surface area contributed by atoms with Gasteiger partial charge in [-0.2, -0.15) is 0 Å². The van der Waals surface area contributed by atoms with Crippen LogP contribution in [0.15, 0.2) is 72.9 Å². The Hall–Kier alpha value is -2.86. The highest BCUT2D eigenvalue weighted by atomic mass is 16.7. The molecule has 10 nitrogen and oxygen atoms in total. The SMILES string of the molecule is CC/C=C/C=C/C=C/C=C/C=C/CCCC(=O)OC(COC(=O)CCCCCCC/C=C/CCCCC)CO[C@H]1O[C@@H](CO)[C@@H](O)C(O)C1O. The van der Waals surface area contributed by atoms with E-state index in [1.165, 1.54) is 19.3 Å². The van der Waals surface area contributed by atoms with E-state index in [2.05, 4.69) is 32.1 Å². The predicted octanol–water partition coefficient (Wildman–Crippen LogP) is 6.49. The normalized spacial score (nSPS) is 22.2. The zero-order chi connectivity index (χ0) is 36.7. The number of esters is 2. The molecule has 10 heteroatoms. The lowest BCUT2D eigenvalue weighted by molar-refractivity contribution is -0.305. The number of unbranched alkanes of at least 4 members (excludes halogenated alkanes) is 9. The minimum Gasteiger partial charge on any atom is -0.462 e. The number of carbonyl (C=O) groups is 2. The molecule has 284 valence electrons. The topological polar surface area (TPSA) is 152 Å². The smallest absolute Gasteiger partial charge is 0.306 e. The van der Waals surface area contributed by atoms with Crippen molar-refractivity contribution < 1.29 is 49.0 Å². The molecule has 0 aromatic heterocycles. The van der Waals surface area contributed by atoms with E-state index in [0.29, 0.717) is 19.3 Å². The minimum absolute atomic E-state index is 0.128. The van der Waals surface area contributed by atoms with Crippen molar-refractivity contribution in [3.8, 4) is 0 Å². The molecule has 1 saturated heterocycles. The van der Waals surface area contributed by atoms with Crippen LogP contribution in [-0.2, 0) is 28.5 Å². The molecular formula is C40H64O10. The van der Waals surface area contributed by atoms with Gasteiger partial charge in [0.2, 0.25) is 0 Å². The summed E-state index contributed by atoms with van der Waals surface area (Å²) in [6.45, 7) is 3.12. The van der Waals surface area contributed by atoms with Gasteiger partial charge in [0.25, 0.3) is 0 Å². The number of carbonyl (C=O) groups excluding carboxylic acids is 2. The van der Waals surface area contributed by atoms with Crippen LogP contribution in [0.3, 0.4) is 0 Å². The molecule has 0 aliphatic carbocycles. The molecule has 1 heterocycles. The van der Waals surface area contributed by atoms with Crippen LogP contribution in [0, 0.1) is 0 Å². The molecule has 1 aliphatic heterocycles. The second kappa shape index (κ2) is 30.9. The Balaban J connectivity index is 2.50. The molecule has 0 spiro atoms. The van der Waals surface area contributed by atoms with Gasteiger partial charge in [0.05, 0.1) is 13.2 Å². The molecule has 6 atom stereocenters. The van der Waals surface area contributed by atoms with Crippen molar-refractivity contribution in [2.24, 2.45) is 0 Å². The molecule has 0 amide bonds. The highest BCUT2D eigenvalue weighted by Crippen LogP contribution is 2.22. The first kappa shape index (κ1) is 45.2. The van der Waals surface area contributed by atoms with E-state index >= 15 is 0 Å². The molecule has 1 aliphatic rings. The van der Waals surface area contributed by atoms with E-state index in [4.69, 9.17) is 18.9 Å². The van der Waals surface area contributed by atoms with Gasteiger partial charge in [0.15, 0.2) is 12.4 Å². The number of aliphatic hydroxyl groups is 4. The Morgan fingerprint density at radius 2 is 1.22 bits per heavy atom. The molecule has 0 saturated carbocycles. The summed E-state index contributed by atoms with van der Waals surface area (Å²) in [5.74, 6) is -0.915. The molecule has 0 aromatic carbocycles. The maximum atomic E-state index is 12.6. The average Bonchev–Trinajstić information content (AvgIpc) is 3.11. The summed E-state index contributed by atoms with van der Waals surface area (Å²) in [7, 11) is 0. The Bertz CT molecular complexity index is 1040. The van der Waals surface area contributed by atoms with Crippen LogP contribution in [0.5, 0.6) is 0 Å². The Morgan fingerprint density at radius 1 is 0.640 bits per heavy atom. The van der Waals surface area contributed by atoms with Crippen molar-refractivity contribution in [3.63, 3.8) is 0 Å². The van der Waals surface area contributed by atoms with Gasteiger partial charge in [-0.15, -0.1) is 0 Å². The standard InChI is InChI=1S/C40H64O10/c1-3-5-7-9-11-13-15-17-19-21-23-25-27-29-36(43)49-33(32-48-40-39(46)38(45)37(44)34(30-41)50-40)31-47-35(42)28-26-24-22-20-18-16-14-12-10-8-6-4-2/h5,7,9,11-15,17,19,21,23,33-34,37-41,44-46H,3-4,6,8,10,16,18,20,22,24-32H2,1-2H3/b7-5+,11-9+,14-12+,15-13+,19-17+,23-21+/t33?,34-,37+,38?,39?,40-/m0/s1. The average molecular weight is 705 g/mol. The highest BCUT2D eigenvalue weighted by Gasteiger charge is 2.44. The van der Waals surface area contributed by atoms with Gasteiger partial charge in [-0.05, 0) is 51.4 Å². The summed E-state index contributed by atoms with van der Waals surface area (Å²) in [4.78, 5) is 25.1. The fraction of sp³-hybridized carbons (Fsp3) is 0.650. The van der Waals surface area contributed by atoms with Gasteiger partial charge in [-0.1, -0.05) is 119 Å². The molecule has 0 aromatic rings. The van der Waals surface area contributed by atoms with Crippen molar-refractivity contribution >= 4 is 11.9 Å². The van der Waals surface area contributed by atoms with Crippen molar-refractivity contribution in [1.29, 1.82) is 0 Å². The van der Waals surface area contributed by atoms with Crippen LogP contribution in [0.2, 0.25) is 0 Å². The zero-order valence-corrected chi connectivity index (χ0v) is 30.4. The molecular weight excluding hydrogens is 640 g/mol. The first-order chi connectivity index (χ1) is 24.3. The fourth-order valence-corrected chi connectivity index (χ4v) is 4.97. The van der Waals surface area contributed by atoms with Crippen molar-refractivity contribution in [2.45, 2.75) is 147 Å². The lowest BCUT2D eigenvalue weighted by Gasteiger charge is -2.39. The number of allylic oxidation sites excluding steroid dienone is 12. The summed E-state index contributed by atoms with van der Waals surface area (Å²) in [6.07, 6.45) is 29.3. The van der Waals surface area contributed by atoms with Crippen LogP contribution in [0.1, 0.15) is 110 Å². The monoisotopic (exact) mass is 704 g/mol. The fourth-order valence-electron chi connectivity index (χ4n) is 4.97. The second-order valence-corrected chi connectivity index (χ2v) is 12.4. The van der Waals surface area contributed by atoms with E-state index in [-0.39, 0.29) is 26.1 Å². The summed E-state index contributed by atoms with van der Waals surface area (Å²) < 4.78 is 21.9. The van der Waals surface area contributed by atoms with E-state index in [1.54, 1.807) is 0 Å². The van der Waals surface area contributed by atoms with Gasteiger partial charge in [-0.3, -0.25) is 9.59 Å². The Labute approximate surface area is 300 Å². The van der Waals surface area contributed by atoms with Gasteiger partial charge in [0, 0.05) is 12.8 Å². The number of hydrogen-bond acceptors (Lipinski definition) is 10. The van der Waals surface area contributed by atoms with E-state index in [9.17, 15) is 30.0 Å². The summed E-state index contributed by atoms with van der Waals surface area (Å²) in [6, 6.07) is 0. The molecule has 1 fully saturated rings. The first-order valence-corrected chi connectivity index (χ1v) is 18.6. The van der Waals surface area contributed by atoms with E-state index in [0.717, 1.165) is 44.9 Å². The van der Waals surface area contributed by atoms with Crippen molar-refractivity contribution in [3.05, 3.63) is 72.9 Å². The predicted molar refractivity (Wildman–Crippen MR) is 196 cm³/mol. The van der Waals surface area contributed by atoms with E-state index < -0.39 is 55.4 Å². The van der Waals surface area contributed by atoms with Crippen LogP contribution in [0.25, 0.3) is 0 Å². The largest absolute Gasteiger partial charge is 0.462 e. The second-order valence-electron chi connectivity index (χ2n) is 12.4. The Morgan fingerprint density at radius 3 is 1.88 bits per heavy atom. The van der Waals surface area contributed by atoms with Crippen molar-refractivity contribution in [1.82, 2.24) is 0 Å². The molecule has 50 heavy (non-hydrogen) atoms. The maximum absolute atomic E-state index is 12.6. The summed E-state index contributed by atoms with van der Waals surface area (Å²) in [5, 5.41) is 39.8. The van der Waals surface area contributed by atoms with Gasteiger partial charge in [-0.25, -0.2) is 0 Å². The number of rotatable bonds is 28. The quantitative estimate of drug-likeness (QED) is 0.0308. The van der Waals surface area contributed by atoms with Crippen LogP contribution >= 0.6 is 0 Å². The third-order valence-electron chi connectivity index (χ3n) is 7.95. The van der Waals surface area contributed by atoms with Gasteiger partial charge < -0.3 is 39.4 Å². The molecule has 3 unspecified atom stereocenters. The molecule has 4 N–H and O–H groups in total. The van der Waals surface area contributed by atoms with Crippen LogP contribution in [-0.4, -0.2) is 89.0 Å². The molecule has 0 radical (unpaired) electrons. The number of aliphatic hydroxyl groups excluding tert-OH is 4. The zero-order valence-electron chi connectivity index (χ0n) is 30.4. The number of hydrogen-bond donors (Lipinski definition) is 4. The third-order valence-corrected chi connectivity index (χ3v) is 7.95. The third kappa shape index (κ3) is 22.8. The van der Waals surface area contributed by atoms with E-state index in [1.807, 2.05) is 54.7 Å². The lowest BCUT2D eigenvalue weighted by Crippen LogP contribution is -2.59. The minimum atomic E-state index is -1.61. The van der Waals surface area contributed by atoms with Crippen molar-refractivity contribution in [2.75, 3.05) is 19.8 Å². The summed E-state index contributed by atoms with van der Waals surface area (Å²) >= 11 is 0. The van der Waals surface area contributed by atoms with Gasteiger partial charge in [0.1, 0.15) is 31.0 Å². The summed E-state index contributed by atoms with van der Waals surface area (Å²) in [5.41, 5.74) is 0.